The SMILES string of the molecule is CCOC(=O)[C@H]1CCCN(C(=O)c2ccc(CSc3nc(N(CC)CC)cc(C(C)(C)C)n3)o2)C1. The van der Waals surface area contributed by atoms with E-state index in [2.05, 4.69) is 45.6 Å². The lowest BCUT2D eigenvalue weighted by Crippen LogP contribution is -2.42. The van der Waals surface area contributed by atoms with Crippen LogP contribution in [-0.2, 0) is 20.7 Å². The van der Waals surface area contributed by atoms with Crippen LogP contribution in [0.4, 0.5) is 5.82 Å². The number of thioether (sulfide) groups is 1. The summed E-state index contributed by atoms with van der Waals surface area (Å²) in [6, 6.07) is 5.61. The standard InChI is InChI=1S/C26H38N4O4S/c1-7-29(8-2)22-15-21(26(4,5)6)27-25(28-22)35-17-19-12-13-20(34-19)23(31)30-14-10-11-18(16-30)24(32)33-9-3/h12-13,15,18H,7-11,14,16-17H2,1-6H3/t18-/m0/s1. The van der Waals surface area contributed by atoms with Crippen molar-refractivity contribution in [3.63, 3.8) is 0 Å². The van der Waals surface area contributed by atoms with Crippen LogP contribution in [0.5, 0.6) is 0 Å². The number of amides is 1. The van der Waals surface area contributed by atoms with Gasteiger partial charge in [-0.05, 0) is 45.7 Å². The van der Waals surface area contributed by atoms with Crippen molar-refractivity contribution in [3.8, 4) is 0 Å². The molecule has 0 aromatic carbocycles. The molecule has 1 atom stereocenters. The molecule has 8 nitrogen and oxygen atoms in total. The third-order valence-corrected chi connectivity index (χ3v) is 6.96. The lowest BCUT2D eigenvalue weighted by Gasteiger charge is -2.30. The zero-order valence-corrected chi connectivity index (χ0v) is 22.6. The number of carbonyl (C=O) groups excluding carboxylic acids is 2. The van der Waals surface area contributed by atoms with E-state index in [0.717, 1.165) is 37.4 Å². The number of hydrogen-bond donors (Lipinski definition) is 0. The van der Waals surface area contributed by atoms with E-state index in [9.17, 15) is 9.59 Å². The Morgan fingerprint density at radius 3 is 2.60 bits per heavy atom. The summed E-state index contributed by atoms with van der Waals surface area (Å²) in [7, 11) is 0. The van der Waals surface area contributed by atoms with Crippen molar-refractivity contribution in [2.24, 2.45) is 5.92 Å². The minimum atomic E-state index is -0.273. The highest BCUT2D eigenvalue weighted by molar-refractivity contribution is 7.98. The summed E-state index contributed by atoms with van der Waals surface area (Å²) in [4.78, 5) is 38.6. The minimum Gasteiger partial charge on any atom is -0.466 e. The average Bonchev–Trinajstić information content (AvgIpc) is 3.32. The van der Waals surface area contributed by atoms with Crippen LogP contribution in [0.25, 0.3) is 0 Å². The highest BCUT2D eigenvalue weighted by atomic mass is 32.2. The summed E-state index contributed by atoms with van der Waals surface area (Å²) in [5.41, 5.74) is 0.897. The third-order valence-electron chi connectivity index (χ3n) is 6.09. The van der Waals surface area contributed by atoms with Gasteiger partial charge in [0.25, 0.3) is 5.91 Å². The van der Waals surface area contributed by atoms with Crippen molar-refractivity contribution < 1.29 is 18.7 Å². The van der Waals surface area contributed by atoms with E-state index in [1.165, 1.54) is 11.8 Å². The zero-order chi connectivity index (χ0) is 25.6. The van der Waals surface area contributed by atoms with Crippen molar-refractivity contribution in [1.82, 2.24) is 14.9 Å². The summed E-state index contributed by atoms with van der Waals surface area (Å²) in [5.74, 6) is 1.72. The van der Waals surface area contributed by atoms with Crippen molar-refractivity contribution in [1.29, 1.82) is 0 Å². The molecule has 0 bridgehead atoms. The quantitative estimate of drug-likeness (QED) is 0.271. The Hall–Kier alpha value is -2.55. The maximum absolute atomic E-state index is 13.0. The molecule has 0 aliphatic carbocycles. The Balaban J connectivity index is 1.69. The average molecular weight is 503 g/mol. The number of carbonyl (C=O) groups is 2. The van der Waals surface area contributed by atoms with E-state index in [0.29, 0.717) is 42.1 Å². The number of hydrogen-bond acceptors (Lipinski definition) is 8. The first-order chi connectivity index (χ1) is 16.7. The van der Waals surface area contributed by atoms with Crippen molar-refractivity contribution in [2.75, 3.05) is 37.7 Å². The monoisotopic (exact) mass is 502 g/mol. The van der Waals surface area contributed by atoms with Gasteiger partial charge in [-0.1, -0.05) is 32.5 Å². The van der Waals surface area contributed by atoms with Gasteiger partial charge >= 0.3 is 5.97 Å². The molecular weight excluding hydrogens is 464 g/mol. The number of rotatable bonds is 9. The largest absolute Gasteiger partial charge is 0.466 e. The molecule has 1 amide bonds. The molecule has 1 aliphatic heterocycles. The van der Waals surface area contributed by atoms with E-state index >= 15 is 0 Å². The molecule has 3 heterocycles. The third kappa shape index (κ3) is 6.99. The summed E-state index contributed by atoms with van der Waals surface area (Å²) in [6.07, 6.45) is 1.51. The Kier molecular flexibility index (Phi) is 9.21. The topological polar surface area (TPSA) is 88.8 Å². The van der Waals surface area contributed by atoms with Gasteiger partial charge in [0.15, 0.2) is 10.9 Å². The first-order valence-corrected chi connectivity index (χ1v) is 13.5. The molecule has 0 radical (unpaired) electrons. The molecule has 0 spiro atoms. The van der Waals surface area contributed by atoms with Crippen LogP contribution in [0.1, 0.15) is 76.4 Å². The maximum atomic E-state index is 13.0. The second kappa shape index (κ2) is 11.9. The van der Waals surface area contributed by atoms with Crippen molar-refractivity contribution >= 4 is 29.5 Å². The smallest absolute Gasteiger partial charge is 0.310 e. The number of nitrogens with zero attached hydrogens (tertiary/aromatic N) is 4. The van der Waals surface area contributed by atoms with Gasteiger partial charge in [0.1, 0.15) is 11.6 Å². The molecule has 1 aliphatic rings. The molecule has 3 rings (SSSR count). The second-order valence-corrected chi connectivity index (χ2v) is 10.7. The predicted octanol–water partition coefficient (Wildman–Crippen LogP) is 4.92. The van der Waals surface area contributed by atoms with Crippen LogP contribution in [0, 0.1) is 5.92 Å². The van der Waals surface area contributed by atoms with E-state index in [4.69, 9.17) is 19.1 Å². The van der Waals surface area contributed by atoms with Gasteiger partial charge in [-0.15, -0.1) is 0 Å². The number of piperidine rings is 1. The Bertz CT molecular complexity index is 1010. The lowest BCUT2D eigenvalue weighted by molar-refractivity contribution is -0.149. The fourth-order valence-corrected chi connectivity index (χ4v) is 4.79. The highest BCUT2D eigenvalue weighted by Crippen LogP contribution is 2.29. The van der Waals surface area contributed by atoms with Gasteiger partial charge < -0.3 is 19.0 Å². The summed E-state index contributed by atoms with van der Waals surface area (Å²) in [5, 5.41) is 0.692. The number of anilines is 1. The molecule has 2 aromatic rings. The van der Waals surface area contributed by atoms with E-state index in [-0.39, 0.29) is 23.2 Å². The number of esters is 1. The fraction of sp³-hybridized carbons (Fsp3) is 0.615. The van der Waals surface area contributed by atoms with Crippen LogP contribution < -0.4 is 4.90 Å². The molecule has 9 heteroatoms. The zero-order valence-electron chi connectivity index (χ0n) is 21.8. The molecule has 192 valence electrons. The normalized spacial score (nSPS) is 16.3. The molecule has 0 N–H and O–H groups in total. The van der Waals surface area contributed by atoms with Crippen LogP contribution in [-0.4, -0.2) is 59.5 Å². The fourth-order valence-electron chi connectivity index (χ4n) is 4.05. The van der Waals surface area contributed by atoms with Crippen molar-refractivity contribution in [2.45, 2.75) is 70.7 Å². The molecule has 0 saturated carbocycles. The molecule has 1 fully saturated rings. The van der Waals surface area contributed by atoms with Gasteiger partial charge in [0.2, 0.25) is 0 Å². The van der Waals surface area contributed by atoms with Gasteiger partial charge in [-0.3, -0.25) is 9.59 Å². The molecule has 1 saturated heterocycles. The second-order valence-electron chi connectivity index (χ2n) is 9.71. The first-order valence-electron chi connectivity index (χ1n) is 12.5. The maximum Gasteiger partial charge on any atom is 0.310 e. The number of aromatic nitrogens is 2. The Morgan fingerprint density at radius 1 is 1.20 bits per heavy atom. The lowest BCUT2D eigenvalue weighted by atomic mass is 9.92. The van der Waals surface area contributed by atoms with E-state index in [1.807, 2.05) is 6.07 Å². The van der Waals surface area contributed by atoms with Crippen molar-refractivity contribution in [3.05, 3.63) is 35.4 Å². The highest BCUT2D eigenvalue weighted by Gasteiger charge is 2.31. The molecule has 35 heavy (non-hydrogen) atoms. The summed E-state index contributed by atoms with van der Waals surface area (Å²) < 4.78 is 11.0. The Labute approximate surface area is 212 Å². The first kappa shape index (κ1) is 27.0. The van der Waals surface area contributed by atoms with E-state index < -0.39 is 0 Å². The van der Waals surface area contributed by atoms with E-state index in [1.54, 1.807) is 17.9 Å². The minimum absolute atomic E-state index is 0.0969. The molecule has 2 aromatic heterocycles. The number of likely N-dealkylation sites (tertiary alicyclic amines) is 1. The summed E-state index contributed by atoms with van der Waals surface area (Å²) >= 11 is 1.50. The number of ether oxygens (including phenoxy) is 1. The molecule has 0 unspecified atom stereocenters. The van der Waals surface area contributed by atoms with Crippen LogP contribution in [0.3, 0.4) is 0 Å². The van der Waals surface area contributed by atoms with Crippen LogP contribution in [0.15, 0.2) is 27.8 Å². The Morgan fingerprint density at radius 2 is 1.94 bits per heavy atom. The van der Waals surface area contributed by atoms with Gasteiger partial charge in [-0.2, -0.15) is 0 Å². The number of furan rings is 1. The van der Waals surface area contributed by atoms with Gasteiger partial charge in [0.05, 0.1) is 24.0 Å². The van der Waals surface area contributed by atoms with Crippen LogP contribution >= 0.6 is 11.8 Å². The van der Waals surface area contributed by atoms with Crippen LogP contribution in [0.2, 0.25) is 0 Å². The van der Waals surface area contributed by atoms with Gasteiger partial charge in [-0.25, -0.2) is 9.97 Å². The predicted molar refractivity (Wildman–Crippen MR) is 138 cm³/mol. The summed E-state index contributed by atoms with van der Waals surface area (Å²) in [6.45, 7) is 15.5. The van der Waals surface area contributed by atoms with Gasteiger partial charge in [0, 0.05) is 37.7 Å². The molecular formula is C26H38N4O4S.